The Morgan fingerprint density at radius 1 is 0.675 bits per heavy atom. The number of aromatic nitrogens is 2. The van der Waals surface area contributed by atoms with Crippen LogP contribution in [0.2, 0.25) is 0 Å². The lowest BCUT2D eigenvalue weighted by Gasteiger charge is -2.12. The molecule has 40 heavy (non-hydrogen) atoms. The molecular weight excluding hydrogens is 488 g/mol. The quantitative estimate of drug-likeness (QED) is 0.233. The molecule has 3 nitrogen and oxygen atoms in total. The highest BCUT2D eigenvalue weighted by Gasteiger charge is 2.18. The van der Waals surface area contributed by atoms with Crippen molar-refractivity contribution in [1.29, 1.82) is 0 Å². The number of furan rings is 1. The fourth-order valence-corrected chi connectivity index (χ4v) is 6.31. The van der Waals surface area contributed by atoms with E-state index < -0.39 is 0 Å². The molecule has 9 rings (SSSR count). The van der Waals surface area contributed by atoms with Gasteiger partial charge in [0.05, 0.1) is 22.2 Å². The third-order valence-electron chi connectivity index (χ3n) is 8.08. The minimum absolute atomic E-state index is 0.910. The van der Waals surface area contributed by atoms with Gasteiger partial charge in [0.2, 0.25) is 0 Å². The molecule has 0 bridgehead atoms. The van der Waals surface area contributed by atoms with Gasteiger partial charge in [-0.3, -0.25) is 4.98 Å². The van der Waals surface area contributed by atoms with Crippen LogP contribution in [0.25, 0.3) is 82.2 Å². The number of pyridine rings is 1. The van der Waals surface area contributed by atoms with Crippen LogP contribution in [0.4, 0.5) is 0 Å². The highest BCUT2D eigenvalue weighted by Crippen LogP contribution is 2.40. The second-order valence-electron chi connectivity index (χ2n) is 10.2. The van der Waals surface area contributed by atoms with Crippen molar-refractivity contribution in [3.8, 4) is 16.8 Å². The molecule has 0 fully saturated rings. The maximum Gasteiger partial charge on any atom is 0.143 e. The predicted molar refractivity (Wildman–Crippen MR) is 164 cm³/mol. The molecule has 0 spiro atoms. The summed E-state index contributed by atoms with van der Waals surface area (Å²) in [5.74, 6) is 0. The van der Waals surface area contributed by atoms with Crippen LogP contribution in [0, 0.1) is 12.1 Å². The molecule has 6 aromatic carbocycles. The lowest BCUT2D eigenvalue weighted by molar-refractivity contribution is 0.670. The maximum atomic E-state index is 6.38. The van der Waals surface area contributed by atoms with Crippen molar-refractivity contribution in [1.82, 2.24) is 9.55 Å². The molecule has 0 radical (unpaired) electrons. The average molecular weight is 509 g/mol. The van der Waals surface area contributed by atoms with Crippen molar-refractivity contribution in [3.63, 3.8) is 0 Å². The number of fused-ring (bicyclic) bond motifs is 9. The Morgan fingerprint density at radius 3 is 2.50 bits per heavy atom. The number of para-hydroxylation sites is 3. The first-order valence-corrected chi connectivity index (χ1v) is 13.4. The molecule has 0 saturated heterocycles. The largest absolute Gasteiger partial charge is 0.455 e. The molecule has 9 aromatic rings. The van der Waals surface area contributed by atoms with E-state index in [0.29, 0.717) is 0 Å². The second kappa shape index (κ2) is 7.96. The van der Waals surface area contributed by atoms with Crippen LogP contribution >= 0.6 is 0 Å². The SMILES string of the molecule is c1cc(-n2c3ccccc3c3cc(-c4cccc5c4oc4ccccc45)ccc32)c2c(c#1)ccc1cccnc12. The van der Waals surface area contributed by atoms with Gasteiger partial charge in [-0.05, 0) is 42.0 Å². The van der Waals surface area contributed by atoms with Gasteiger partial charge in [0.25, 0.3) is 0 Å². The lowest BCUT2D eigenvalue weighted by Crippen LogP contribution is -1.96. The summed E-state index contributed by atoms with van der Waals surface area (Å²) in [6.45, 7) is 0. The zero-order valence-electron chi connectivity index (χ0n) is 21.3. The molecule has 0 aliphatic carbocycles. The zero-order chi connectivity index (χ0) is 26.2. The number of hydrogen-bond donors (Lipinski definition) is 0. The van der Waals surface area contributed by atoms with Crippen LogP contribution in [0.1, 0.15) is 0 Å². The molecular formula is C37H20N2O. The molecule has 0 saturated carbocycles. The van der Waals surface area contributed by atoms with Gasteiger partial charge in [0.15, 0.2) is 0 Å². The Balaban J connectivity index is 1.36. The Hall–Kier alpha value is -5.59. The van der Waals surface area contributed by atoms with E-state index in [9.17, 15) is 0 Å². The number of rotatable bonds is 2. The van der Waals surface area contributed by atoms with E-state index in [2.05, 4.69) is 108 Å². The van der Waals surface area contributed by atoms with Gasteiger partial charge in [0.1, 0.15) is 11.2 Å². The van der Waals surface area contributed by atoms with Crippen LogP contribution < -0.4 is 0 Å². The first-order valence-electron chi connectivity index (χ1n) is 13.4. The topological polar surface area (TPSA) is 31.0 Å². The summed E-state index contributed by atoms with van der Waals surface area (Å²) in [7, 11) is 0. The average Bonchev–Trinajstić information content (AvgIpc) is 3.56. The van der Waals surface area contributed by atoms with Crippen molar-refractivity contribution in [3.05, 3.63) is 134 Å². The molecule has 0 atom stereocenters. The van der Waals surface area contributed by atoms with Crippen molar-refractivity contribution in [2.24, 2.45) is 0 Å². The second-order valence-corrected chi connectivity index (χ2v) is 10.2. The van der Waals surface area contributed by atoms with E-state index in [4.69, 9.17) is 9.40 Å². The zero-order valence-corrected chi connectivity index (χ0v) is 21.3. The Morgan fingerprint density at radius 2 is 1.52 bits per heavy atom. The maximum absolute atomic E-state index is 6.38. The fraction of sp³-hybridized carbons (Fsp3) is 0. The smallest absolute Gasteiger partial charge is 0.143 e. The minimum atomic E-state index is 0.910. The molecule has 0 unspecified atom stereocenters. The van der Waals surface area contributed by atoms with Crippen LogP contribution in [0.3, 0.4) is 0 Å². The summed E-state index contributed by atoms with van der Waals surface area (Å²) in [5, 5.41) is 7.86. The fourth-order valence-electron chi connectivity index (χ4n) is 6.31. The van der Waals surface area contributed by atoms with Crippen LogP contribution in [-0.2, 0) is 0 Å². The van der Waals surface area contributed by atoms with Crippen LogP contribution in [-0.4, -0.2) is 9.55 Å². The Kier molecular flexibility index (Phi) is 4.25. The molecule has 3 heteroatoms. The van der Waals surface area contributed by atoms with Crippen molar-refractivity contribution in [2.45, 2.75) is 0 Å². The van der Waals surface area contributed by atoms with E-state index in [1.165, 1.54) is 10.8 Å². The molecule has 0 aliphatic rings. The highest BCUT2D eigenvalue weighted by atomic mass is 16.3. The first kappa shape index (κ1) is 21.4. The van der Waals surface area contributed by atoms with Crippen molar-refractivity contribution in [2.75, 3.05) is 0 Å². The monoisotopic (exact) mass is 508 g/mol. The normalized spacial score (nSPS) is 11.8. The van der Waals surface area contributed by atoms with Gasteiger partial charge < -0.3 is 8.98 Å². The Labute approximate surface area is 229 Å². The number of nitrogens with zero attached hydrogens (tertiary/aromatic N) is 2. The van der Waals surface area contributed by atoms with Gasteiger partial charge in [-0.2, -0.15) is 0 Å². The van der Waals surface area contributed by atoms with Gasteiger partial charge >= 0.3 is 0 Å². The third kappa shape index (κ3) is 2.88. The molecule has 184 valence electrons. The van der Waals surface area contributed by atoms with Gasteiger partial charge in [0, 0.05) is 55.5 Å². The molecule has 0 N–H and O–H groups in total. The van der Waals surface area contributed by atoms with Crippen molar-refractivity contribution >= 4 is 65.4 Å². The van der Waals surface area contributed by atoms with E-state index in [1.807, 2.05) is 30.5 Å². The molecule has 0 aliphatic heterocycles. The number of hydrogen-bond acceptors (Lipinski definition) is 2. The first-order chi connectivity index (χ1) is 19.8. The highest BCUT2D eigenvalue weighted by molar-refractivity contribution is 6.15. The summed E-state index contributed by atoms with van der Waals surface area (Å²) < 4.78 is 8.73. The summed E-state index contributed by atoms with van der Waals surface area (Å²) >= 11 is 0. The molecule has 3 aromatic heterocycles. The van der Waals surface area contributed by atoms with Gasteiger partial charge in [-0.15, -0.1) is 0 Å². The minimum Gasteiger partial charge on any atom is -0.455 e. The third-order valence-corrected chi connectivity index (χ3v) is 8.08. The number of benzene rings is 5. The molecule has 0 amide bonds. The Bertz CT molecular complexity index is 2440. The summed E-state index contributed by atoms with van der Waals surface area (Å²) in [5.41, 5.74) is 8.36. The predicted octanol–water partition coefficient (Wildman–Crippen LogP) is 9.65. The van der Waals surface area contributed by atoms with E-state index in [0.717, 1.165) is 71.5 Å². The summed E-state index contributed by atoms with van der Waals surface area (Å²) in [6.07, 6.45) is 1.86. The summed E-state index contributed by atoms with van der Waals surface area (Å²) in [6, 6.07) is 46.9. The van der Waals surface area contributed by atoms with E-state index in [1.54, 1.807) is 0 Å². The molecule has 3 heterocycles. The van der Waals surface area contributed by atoms with Gasteiger partial charge in [-0.1, -0.05) is 84.9 Å². The lowest BCUT2D eigenvalue weighted by atomic mass is 10.0. The standard InChI is InChI=1S/C37H20N2O/c1-3-14-31-27(10-1)30-22-25(26-12-6-13-29-28-11-2-4-16-34(28)40-37(26)29)19-20-32(30)39(31)33-15-5-8-23-17-18-24-9-7-21-38-36(24)35(23)33/h1-4,6-7,9-22H. The summed E-state index contributed by atoms with van der Waals surface area (Å²) in [4.78, 5) is 4.78. The van der Waals surface area contributed by atoms with Crippen LogP contribution in [0.5, 0.6) is 0 Å². The van der Waals surface area contributed by atoms with Crippen LogP contribution in [0.15, 0.2) is 126 Å². The van der Waals surface area contributed by atoms with Gasteiger partial charge in [-0.25, -0.2) is 0 Å². The van der Waals surface area contributed by atoms with E-state index >= 15 is 0 Å². The van der Waals surface area contributed by atoms with E-state index in [-0.39, 0.29) is 0 Å². The van der Waals surface area contributed by atoms with Crippen molar-refractivity contribution < 1.29 is 4.42 Å².